The number of benzene rings is 1. The molecule has 0 bridgehead atoms. The van der Waals surface area contributed by atoms with E-state index in [1.165, 1.54) is 5.56 Å². The highest BCUT2D eigenvalue weighted by atomic mass is 35.5. The lowest BCUT2D eigenvalue weighted by atomic mass is 10.1. The molecule has 0 aliphatic heterocycles. The number of rotatable bonds is 5. The summed E-state index contributed by atoms with van der Waals surface area (Å²) in [6.45, 7) is 1.71. The number of nitrogens with zero attached hydrogens (tertiary/aromatic N) is 1. The molecule has 1 heterocycles. The summed E-state index contributed by atoms with van der Waals surface area (Å²) in [6.07, 6.45) is 0. The van der Waals surface area contributed by atoms with Gasteiger partial charge in [-0.2, -0.15) is 11.3 Å². The van der Waals surface area contributed by atoms with Crippen LogP contribution >= 0.6 is 35.2 Å². The van der Waals surface area contributed by atoms with Crippen LogP contribution in [0.15, 0.2) is 35.0 Å². The smallest absolute Gasteiger partial charge is 0.104 e. The lowest BCUT2D eigenvalue weighted by Crippen LogP contribution is -2.17. The van der Waals surface area contributed by atoms with Crippen LogP contribution < -0.4 is 5.73 Å². The molecule has 0 fully saturated rings. The molecule has 2 aromatic rings. The quantitative estimate of drug-likeness (QED) is 0.854. The van der Waals surface area contributed by atoms with Gasteiger partial charge in [-0.3, -0.25) is 4.90 Å². The van der Waals surface area contributed by atoms with Crippen LogP contribution in [-0.2, 0) is 13.1 Å². The highest BCUT2D eigenvalue weighted by Gasteiger charge is 2.07. The summed E-state index contributed by atoms with van der Waals surface area (Å²) >= 11 is 12.9. The van der Waals surface area contributed by atoms with E-state index in [2.05, 4.69) is 28.8 Å². The Labute approximate surface area is 127 Å². The third-order valence-electron chi connectivity index (χ3n) is 2.81. The van der Waals surface area contributed by atoms with Crippen LogP contribution in [0.5, 0.6) is 0 Å². The number of hydrogen-bond acceptors (Lipinski definition) is 3. The predicted molar refractivity (Wildman–Crippen MR) is 86.8 cm³/mol. The zero-order chi connectivity index (χ0) is 13.8. The normalized spacial score (nSPS) is 10.9. The van der Waals surface area contributed by atoms with Crippen molar-refractivity contribution in [2.75, 3.05) is 7.05 Å². The van der Waals surface area contributed by atoms with Crippen molar-refractivity contribution >= 4 is 40.1 Å². The number of hydrogen-bond donors (Lipinski definition) is 1. The minimum atomic E-state index is 0.375. The lowest BCUT2D eigenvalue weighted by molar-refractivity contribution is 0.319. The Balaban J connectivity index is 2.04. The Morgan fingerprint density at radius 3 is 2.74 bits per heavy atom. The van der Waals surface area contributed by atoms with Crippen molar-refractivity contribution in [3.63, 3.8) is 0 Å². The van der Waals surface area contributed by atoms with Gasteiger partial charge in [0.25, 0.3) is 0 Å². The summed E-state index contributed by atoms with van der Waals surface area (Å²) < 4.78 is 0. The molecule has 0 amide bonds. The Hall–Kier alpha value is -0.940. The molecule has 0 atom stereocenters. The van der Waals surface area contributed by atoms with E-state index in [-0.39, 0.29) is 0 Å². The van der Waals surface area contributed by atoms with Crippen LogP contribution in [0.1, 0.15) is 16.7 Å². The molecular formula is C14H15ClN2S2. The number of thiocarbonyl (C=S) groups is 1. The Morgan fingerprint density at radius 2 is 2.16 bits per heavy atom. The Morgan fingerprint density at radius 1 is 1.37 bits per heavy atom. The van der Waals surface area contributed by atoms with Crippen molar-refractivity contribution in [1.82, 2.24) is 4.90 Å². The molecule has 100 valence electrons. The first-order chi connectivity index (χ1) is 9.06. The molecule has 1 aromatic heterocycles. The fraction of sp³-hybridized carbons (Fsp3) is 0.214. The third kappa shape index (κ3) is 4.01. The van der Waals surface area contributed by atoms with Gasteiger partial charge in [-0.1, -0.05) is 36.0 Å². The van der Waals surface area contributed by atoms with Crippen molar-refractivity contribution in [2.45, 2.75) is 13.1 Å². The van der Waals surface area contributed by atoms with Crippen molar-refractivity contribution < 1.29 is 0 Å². The zero-order valence-corrected chi connectivity index (χ0v) is 13.0. The molecule has 0 saturated heterocycles. The summed E-state index contributed by atoms with van der Waals surface area (Å²) in [4.78, 5) is 2.60. The van der Waals surface area contributed by atoms with E-state index in [1.54, 1.807) is 11.3 Å². The molecule has 0 aliphatic rings. The largest absolute Gasteiger partial charge is 0.389 e. The highest BCUT2D eigenvalue weighted by Crippen LogP contribution is 2.20. The molecular weight excluding hydrogens is 296 g/mol. The number of halogens is 1. The summed E-state index contributed by atoms with van der Waals surface area (Å²) in [5.74, 6) is 0. The van der Waals surface area contributed by atoms with Gasteiger partial charge < -0.3 is 5.73 Å². The molecule has 0 saturated carbocycles. The first-order valence-corrected chi connectivity index (χ1v) is 7.57. The lowest BCUT2D eigenvalue weighted by Gasteiger charge is -2.17. The van der Waals surface area contributed by atoms with E-state index < -0.39 is 0 Å². The fourth-order valence-corrected chi connectivity index (χ4v) is 2.90. The average molecular weight is 311 g/mol. The van der Waals surface area contributed by atoms with Crippen LogP contribution in [0.2, 0.25) is 5.02 Å². The molecule has 0 spiro atoms. The van der Waals surface area contributed by atoms with Crippen LogP contribution in [0.3, 0.4) is 0 Å². The van der Waals surface area contributed by atoms with Gasteiger partial charge in [0.2, 0.25) is 0 Å². The topological polar surface area (TPSA) is 29.3 Å². The molecule has 2 nitrogen and oxygen atoms in total. The molecule has 2 rings (SSSR count). The van der Waals surface area contributed by atoms with Gasteiger partial charge in [0.15, 0.2) is 0 Å². The molecule has 2 N–H and O–H groups in total. The molecule has 1 aromatic carbocycles. The van der Waals surface area contributed by atoms with Crippen LogP contribution in [0.25, 0.3) is 0 Å². The third-order valence-corrected chi connectivity index (χ3v) is 4.13. The van der Waals surface area contributed by atoms with Crippen LogP contribution in [-0.4, -0.2) is 16.9 Å². The van der Waals surface area contributed by atoms with E-state index in [4.69, 9.17) is 29.6 Å². The number of thiophene rings is 1. The fourth-order valence-electron chi connectivity index (χ4n) is 1.87. The SMILES string of the molecule is CN(Cc1ccsc1)Cc1ccc(C(N)=S)cc1Cl. The summed E-state index contributed by atoms with van der Waals surface area (Å²) in [5.41, 5.74) is 8.80. The Bertz CT molecular complexity index is 567. The molecule has 5 heteroatoms. The van der Waals surface area contributed by atoms with Gasteiger partial charge in [0.05, 0.1) is 0 Å². The van der Waals surface area contributed by atoms with Crippen molar-refractivity contribution in [1.29, 1.82) is 0 Å². The number of nitrogens with two attached hydrogens (primary N) is 1. The monoisotopic (exact) mass is 310 g/mol. The maximum Gasteiger partial charge on any atom is 0.104 e. The summed E-state index contributed by atoms with van der Waals surface area (Å²) in [6, 6.07) is 7.87. The first-order valence-electron chi connectivity index (χ1n) is 5.84. The Kier molecular flexibility index (Phi) is 4.93. The average Bonchev–Trinajstić information content (AvgIpc) is 2.84. The second kappa shape index (κ2) is 6.48. The van der Waals surface area contributed by atoms with Crippen LogP contribution in [0, 0.1) is 0 Å². The van der Waals surface area contributed by atoms with Gasteiger partial charge >= 0.3 is 0 Å². The van der Waals surface area contributed by atoms with Crippen molar-refractivity contribution in [3.8, 4) is 0 Å². The molecule has 19 heavy (non-hydrogen) atoms. The summed E-state index contributed by atoms with van der Waals surface area (Å²) in [5, 5.41) is 4.96. The first kappa shape index (κ1) is 14.5. The van der Waals surface area contributed by atoms with Gasteiger partial charge in [-0.05, 0) is 41.1 Å². The summed E-state index contributed by atoms with van der Waals surface area (Å²) in [7, 11) is 2.08. The van der Waals surface area contributed by atoms with Gasteiger partial charge in [-0.15, -0.1) is 0 Å². The molecule has 0 aliphatic carbocycles. The van der Waals surface area contributed by atoms with E-state index in [0.717, 1.165) is 24.2 Å². The maximum atomic E-state index is 6.26. The molecule has 0 unspecified atom stereocenters. The van der Waals surface area contributed by atoms with E-state index in [9.17, 15) is 0 Å². The minimum absolute atomic E-state index is 0.375. The molecule has 0 radical (unpaired) electrons. The van der Waals surface area contributed by atoms with E-state index in [1.807, 2.05) is 18.2 Å². The van der Waals surface area contributed by atoms with E-state index >= 15 is 0 Å². The maximum absolute atomic E-state index is 6.26. The standard InChI is InChI=1S/C14H15ClN2S2/c1-17(7-10-4-5-19-9-10)8-12-3-2-11(14(16)18)6-13(12)15/h2-6,9H,7-8H2,1H3,(H2,16,18). The van der Waals surface area contributed by atoms with E-state index in [0.29, 0.717) is 10.0 Å². The minimum Gasteiger partial charge on any atom is -0.389 e. The zero-order valence-electron chi connectivity index (χ0n) is 10.6. The van der Waals surface area contributed by atoms with Crippen molar-refractivity contribution in [2.24, 2.45) is 5.73 Å². The second-order valence-corrected chi connectivity index (χ2v) is 6.10. The second-order valence-electron chi connectivity index (χ2n) is 4.47. The predicted octanol–water partition coefficient (Wildman–Crippen LogP) is 3.67. The van der Waals surface area contributed by atoms with Gasteiger partial charge in [0, 0.05) is 23.7 Å². The van der Waals surface area contributed by atoms with Crippen molar-refractivity contribution in [3.05, 3.63) is 56.7 Å². The van der Waals surface area contributed by atoms with Gasteiger partial charge in [0.1, 0.15) is 4.99 Å². The van der Waals surface area contributed by atoms with Crippen LogP contribution in [0.4, 0.5) is 0 Å². The highest BCUT2D eigenvalue weighted by molar-refractivity contribution is 7.80. The van der Waals surface area contributed by atoms with Gasteiger partial charge in [-0.25, -0.2) is 0 Å².